The number of aryl methyl sites for hydroxylation is 2. The highest BCUT2D eigenvalue weighted by Crippen LogP contribution is 2.08. The minimum Gasteiger partial charge on any atom is -0.316 e. The van der Waals surface area contributed by atoms with Crippen LogP contribution in [0.2, 0.25) is 0 Å². The summed E-state index contributed by atoms with van der Waals surface area (Å²) in [5, 5.41) is 4.89. The second-order valence-corrected chi connectivity index (χ2v) is 3.71. The summed E-state index contributed by atoms with van der Waals surface area (Å²) in [5.41, 5.74) is 0.943. The van der Waals surface area contributed by atoms with E-state index in [0.29, 0.717) is 5.69 Å². The number of H-pyrrole nitrogens is 1. The maximum atomic E-state index is 11.8. The number of aromatic amines is 1. The highest BCUT2D eigenvalue weighted by molar-refractivity contribution is 6.01. The molecule has 6 heteroatoms. The normalized spacial score (nSPS) is 10.2. The van der Waals surface area contributed by atoms with E-state index in [-0.39, 0.29) is 5.69 Å². The van der Waals surface area contributed by atoms with Crippen molar-refractivity contribution in [3.05, 3.63) is 45.9 Å². The Kier molecular flexibility index (Phi) is 2.78. The summed E-state index contributed by atoms with van der Waals surface area (Å²) in [6.07, 6.45) is 0. The quantitative estimate of drug-likeness (QED) is 0.736. The molecule has 0 bridgehead atoms. The molecule has 0 spiro atoms. The van der Waals surface area contributed by atoms with Crippen LogP contribution in [0.3, 0.4) is 0 Å². The predicted octanol–water partition coefficient (Wildman–Crippen LogP) is 0.353. The molecule has 2 N–H and O–H groups in total. The number of hydrogen-bond donors (Lipinski definition) is 2. The summed E-state index contributed by atoms with van der Waals surface area (Å²) in [5.74, 6) is -0.508. The van der Waals surface area contributed by atoms with Gasteiger partial charge in [0.15, 0.2) is 7.05 Å². The monoisotopic (exact) mass is 234 g/mol. The minimum atomic E-state index is -0.697. The Morgan fingerprint density at radius 3 is 2.53 bits per heavy atom. The number of carbonyl (C=O) groups excluding carboxylic acids is 1. The summed E-state index contributed by atoms with van der Waals surface area (Å²) < 4.78 is 5.72. The zero-order valence-corrected chi connectivity index (χ0v) is 9.48. The number of amides is 1. The van der Waals surface area contributed by atoms with Crippen LogP contribution in [0, 0.1) is 6.92 Å². The maximum Gasteiger partial charge on any atom is 0.440 e. The molecule has 88 valence electrons. The van der Waals surface area contributed by atoms with E-state index in [2.05, 4.69) is 15.1 Å². The summed E-state index contributed by atoms with van der Waals surface area (Å²) >= 11 is 0. The molecule has 0 atom stereocenters. The molecule has 2 aromatic rings. The first-order chi connectivity index (χ1) is 8.08. The van der Waals surface area contributed by atoms with E-state index >= 15 is 0 Å². The van der Waals surface area contributed by atoms with Gasteiger partial charge >= 0.3 is 17.2 Å². The Bertz CT molecular complexity index is 595. The number of aromatic nitrogens is 2. The van der Waals surface area contributed by atoms with Gasteiger partial charge in [-0.15, -0.1) is 0 Å². The van der Waals surface area contributed by atoms with Crippen LogP contribution in [0.5, 0.6) is 0 Å². The van der Waals surface area contributed by atoms with Crippen molar-refractivity contribution in [2.75, 3.05) is 5.32 Å². The number of carbonyl (C=O) groups is 1. The highest BCUT2D eigenvalue weighted by Gasteiger charge is 2.26. The van der Waals surface area contributed by atoms with Crippen LogP contribution in [-0.2, 0) is 7.05 Å². The molecule has 0 radical (unpaired) electrons. The molecule has 1 amide bonds. The molecule has 0 aliphatic heterocycles. The van der Waals surface area contributed by atoms with Crippen molar-refractivity contribution in [3.8, 4) is 0 Å². The molecular formula is C11H12N3O3+. The first-order valence-corrected chi connectivity index (χ1v) is 5.03. The van der Waals surface area contributed by atoms with E-state index in [1.165, 1.54) is 11.7 Å². The smallest absolute Gasteiger partial charge is 0.316 e. The van der Waals surface area contributed by atoms with Gasteiger partial charge in [0, 0.05) is 5.69 Å². The topological polar surface area (TPSA) is 79.0 Å². The number of nitrogens with zero attached hydrogens (tertiary/aromatic N) is 1. The van der Waals surface area contributed by atoms with E-state index in [1.54, 1.807) is 12.1 Å². The van der Waals surface area contributed by atoms with Crippen molar-refractivity contribution in [2.24, 2.45) is 7.05 Å². The second kappa shape index (κ2) is 4.25. The summed E-state index contributed by atoms with van der Waals surface area (Å²) in [7, 11) is 1.52. The van der Waals surface area contributed by atoms with Crippen LogP contribution < -0.4 is 15.6 Å². The number of anilines is 1. The third kappa shape index (κ3) is 2.25. The molecule has 6 nitrogen and oxygen atoms in total. The zero-order chi connectivity index (χ0) is 12.4. The lowest BCUT2D eigenvalue weighted by molar-refractivity contribution is -0.741. The molecule has 17 heavy (non-hydrogen) atoms. The lowest BCUT2D eigenvalue weighted by Gasteiger charge is -2.00. The highest BCUT2D eigenvalue weighted by atomic mass is 16.5. The van der Waals surface area contributed by atoms with Gasteiger partial charge in [0.1, 0.15) is 0 Å². The number of nitrogens with one attached hydrogen (secondary N) is 2. The van der Waals surface area contributed by atoms with Crippen LogP contribution >= 0.6 is 0 Å². The van der Waals surface area contributed by atoms with E-state index in [9.17, 15) is 9.59 Å². The standard InChI is InChI=1S/C11H11N3O3/c1-7-3-5-8(6-4-7)12-10(15)9-11(16)17-13-14(9)2/h3-6H,1-2H3,(H-,12,13,15,16)/p+1. The molecule has 2 rings (SSSR count). The number of hydrogen-bond acceptors (Lipinski definition) is 3. The second-order valence-electron chi connectivity index (χ2n) is 3.71. The lowest BCUT2D eigenvalue weighted by atomic mass is 10.2. The molecular weight excluding hydrogens is 222 g/mol. The summed E-state index contributed by atoms with van der Waals surface area (Å²) in [6.45, 7) is 1.95. The molecule has 0 aliphatic rings. The zero-order valence-electron chi connectivity index (χ0n) is 9.48. The van der Waals surface area contributed by atoms with Crippen molar-refractivity contribution >= 4 is 11.6 Å². The Morgan fingerprint density at radius 2 is 2.00 bits per heavy atom. The van der Waals surface area contributed by atoms with Crippen LogP contribution in [0.25, 0.3) is 0 Å². The summed E-state index contributed by atoms with van der Waals surface area (Å²) in [6, 6.07) is 7.27. The first-order valence-electron chi connectivity index (χ1n) is 5.03. The van der Waals surface area contributed by atoms with E-state index in [4.69, 9.17) is 0 Å². The van der Waals surface area contributed by atoms with Crippen molar-refractivity contribution in [3.63, 3.8) is 0 Å². The third-order valence-electron chi connectivity index (χ3n) is 2.33. The van der Waals surface area contributed by atoms with Crippen LogP contribution in [-0.4, -0.2) is 11.2 Å². The van der Waals surface area contributed by atoms with Gasteiger partial charge in [-0.25, -0.2) is 4.79 Å². The van der Waals surface area contributed by atoms with Crippen molar-refractivity contribution < 1.29 is 14.0 Å². The molecule has 1 aromatic heterocycles. The molecule has 0 saturated heterocycles. The Labute approximate surface area is 96.8 Å². The van der Waals surface area contributed by atoms with Crippen LogP contribution in [0.15, 0.2) is 33.6 Å². The molecule has 0 aliphatic carbocycles. The molecule has 0 unspecified atom stereocenters. The Morgan fingerprint density at radius 1 is 1.35 bits per heavy atom. The average molecular weight is 234 g/mol. The van der Waals surface area contributed by atoms with Crippen molar-refractivity contribution in [2.45, 2.75) is 6.92 Å². The molecule has 1 heterocycles. The number of benzene rings is 1. The van der Waals surface area contributed by atoms with Gasteiger partial charge in [0.25, 0.3) is 0 Å². The van der Waals surface area contributed by atoms with Gasteiger partial charge in [-0.2, -0.15) is 0 Å². The first kappa shape index (κ1) is 11.1. The van der Waals surface area contributed by atoms with Gasteiger partial charge in [-0.05, 0) is 24.3 Å². The fourth-order valence-corrected chi connectivity index (χ4v) is 1.41. The van der Waals surface area contributed by atoms with Gasteiger partial charge in [-0.1, -0.05) is 22.4 Å². The SMILES string of the molecule is Cc1ccc(NC(=O)c2c(=O)o[nH][n+]2C)cc1. The summed E-state index contributed by atoms with van der Waals surface area (Å²) in [4.78, 5) is 23.0. The maximum absolute atomic E-state index is 11.8. The van der Waals surface area contributed by atoms with E-state index < -0.39 is 11.5 Å². The molecule has 1 aromatic carbocycles. The van der Waals surface area contributed by atoms with Crippen molar-refractivity contribution in [1.29, 1.82) is 0 Å². The fourth-order valence-electron chi connectivity index (χ4n) is 1.41. The minimum absolute atomic E-state index is 0.0782. The van der Waals surface area contributed by atoms with Crippen LogP contribution in [0.1, 0.15) is 16.1 Å². The van der Waals surface area contributed by atoms with Crippen molar-refractivity contribution in [1.82, 2.24) is 5.27 Å². The Hall–Kier alpha value is -2.37. The number of rotatable bonds is 2. The van der Waals surface area contributed by atoms with Gasteiger partial charge in [0.05, 0.1) is 0 Å². The fraction of sp³-hybridized carbons (Fsp3) is 0.182. The predicted molar refractivity (Wildman–Crippen MR) is 59.6 cm³/mol. The third-order valence-corrected chi connectivity index (χ3v) is 2.33. The average Bonchev–Trinajstić information content (AvgIpc) is 2.62. The van der Waals surface area contributed by atoms with E-state index in [0.717, 1.165) is 5.56 Å². The Balaban J connectivity index is 2.23. The largest absolute Gasteiger partial charge is 0.440 e. The van der Waals surface area contributed by atoms with Gasteiger partial charge in [0.2, 0.25) is 0 Å². The molecule has 0 saturated carbocycles. The van der Waals surface area contributed by atoms with Crippen LogP contribution in [0.4, 0.5) is 5.69 Å². The molecule has 0 fully saturated rings. The van der Waals surface area contributed by atoms with Gasteiger partial charge < -0.3 is 5.32 Å². The van der Waals surface area contributed by atoms with E-state index in [1.807, 2.05) is 19.1 Å². The van der Waals surface area contributed by atoms with Gasteiger partial charge in [-0.3, -0.25) is 9.32 Å². The lowest BCUT2D eigenvalue weighted by Crippen LogP contribution is -2.41.